The van der Waals surface area contributed by atoms with Gasteiger partial charge in [-0.05, 0) is 6.42 Å². The molecule has 1 aliphatic rings. The Morgan fingerprint density at radius 3 is 2.50 bits per heavy atom. The van der Waals surface area contributed by atoms with E-state index in [-0.39, 0.29) is 12.8 Å². The Morgan fingerprint density at radius 1 is 1.58 bits per heavy atom. The third kappa shape index (κ3) is 1.30. The van der Waals surface area contributed by atoms with Gasteiger partial charge in [-0.2, -0.15) is 0 Å². The zero-order chi connectivity index (χ0) is 9.30. The highest BCUT2D eigenvalue weighted by atomic mass is 16.4. The predicted molar refractivity (Wildman–Crippen MR) is 38.2 cm³/mol. The number of nitrogens with zero attached hydrogens (tertiary/aromatic N) is 1. The van der Waals surface area contributed by atoms with Crippen LogP contribution in [0.25, 0.3) is 0 Å². The van der Waals surface area contributed by atoms with Crippen molar-refractivity contribution in [2.75, 3.05) is 0 Å². The van der Waals surface area contributed by atoms with Crippen LogP contribution in [0.15, 0.2) is 0 Å². The van der Waals surface area contributed by atoms with Gasteiger partial charge in [0.2, 0.25) is 11.8 Å². The Labute approximate surface area is 69.0 Å². The third-order valence-electron chi connectivity index (χ3n) is 1.84. The number of carboxylic acid groups (broad SMARTS) is 1. The van der Waals surface area contributed by atoms with Crippen LogP contribution in [0.3, 0.4) is 0 Å². The summed E-state index contributed by atoms with van der Waals surface area (Å²) < 4.78 is 0. The van der Waals surface area contributed by atoms with E-state index in [1.807, 2.05) is 0 Å². The Balaban J connectivity index is 2.84. The number of hydrogen-bond acceptors (Lipinski definition) is 3. The van der Waals surface area contributed by atoms with Gasteiger partial charge in [-0.15, -0.1) is 0 Å². The van der Waals surface area contributed by atoms with Crippen LogP contribution in [-0.4, -0.2) is 33.8 Å². The summed E-state index contributed by atoms with van der Waals surface area (Å²) in [6.07, 6.45) is 0.379. The smallest absolute Gasteiger partial charge is 0.326 e. The van der Waals surface area contributed by atoms with Crippen LogP contribution in [0.1, 0.15) is 19.8 Å². The summed E-state index contributed by atoms with van der Waals surface area (Å²) in [5.74, 6) is -2.00. The SMILES string of the molecule is CC(=O)N1C(=O)CCC1C(=O)O. The number of likely N-dealkylation sites (tertiary alicyclic amines) is 1. The van der Waals surface area contributed by atoms with Crippen molar-refractivity contribution < 1.29 is 19.5 Å². The second kappa shape index (κ2) is 2.92. The molecule has 1 atom stereocenters. The van der Waals surface area contributed by atoms with Crippen molar-refractivity contribution >= 4 is 17.8 Å². The molecule has 5 nitrogen and oxygen atoms in total. The first-order chi connectivity index (χ1) is 5.54. The second-order valence-corrected chi connectivity index (χ2v) is 2.68. The quantitative estimate of drug-likeness (QED) is 0.583. The van der Waals surface area contributed by atoms with E-state index in [1.54, 1.807) is 0 Å². The molecule has 0 aliphatic carbocycles. The van der Waals surface area contributed by atoms with Crippen molar-refractivity contribution in [3.05, 3.63) is 0 Å². The monoisotopic (exact) mass is 171 g/mol. The van der Waals surface area contributed by atoms with Crippen LogP contribution in [0.5, 0.6) is 0 Å². The molecule has 0 aromatic heterocycles. The number of hydrogen-bond donors (Lipinski definition) is 1. The minimum Gasteiger partial charge on any atom is -0.480 e. The molecule has 2 amide bonds. The fourth-order valence-electron chi connectivity index (χ4n) is 1.31. The average Bonchev–Trinajstić information content (AvgIpc) is 2.30. The number of imide groups is 1. The maximum absolute atomic E-state index is 11.0. The van der Waals surface area contributed by atoms with E-state index in [0.29, 0.717) is 0 Å². The first-order valence-electron chi connectivity index (χ1n) is 3.59. The third-order valence-corrected chi connectivity index (χ3v) is 1.84. The van der Waals surface area contributed by atoms with Crippen LogP contribution >= 0.6 is 0 Å². The van der Waals surface area contributed by atoms with E-state index in [1.165, 1.54) is 6.92 Å². The van der Waals surface area contributed by atoms with Gasteiger partial charge in [0.15, 0.2) is 0 Å². The molecule has 1 fully saturated rings. The van der Waals surface area contributed by atoms with E-state index in [4.69, 9.17) is 5.11 Å². The molecule has 1 heterocycles. The number of rotatable bonds is 1. The minimum atomic E-state index is -1.11. The van der Waals surface area contributed by atoms with Crippen molar-refractivity contribution in [2.24, 2.45) is 0 Å². The summed E-state index contributed by atoms with van der Waals surface area (Å²) in [7, 11) is 0. The molecule has 1 rings (SSSR count). The lowest BCUT2D eigenvalue weighted by molar-refractivity contribution is -0.153. The number of carbonyl (C=O) groups is 3. The van der Waals surface area contributed by atoms with Crippen molar-refractivity contribution in [3.63, 3.8) is 0 Å². The molecule has 1 saturated heterocycles. The van der Waals surface area contributed by atoms with Gasteiger partial charge in [-0.25, -0.2) is 4.79 Å². The van der Waals surface area contributed by atoms with Gasteiger partial charge in [0, 0.05) is 13.3 Å². The normalized spacial score (nSPS) is 22.9. The number of carbonyl (C=O) groups excluding carboxylic acids is 2. The fourth-order valence-corrected chi connectivity index (χ4v) is 1.31. The Hall–Kier alpha value is -1.39. The predicted octanol–water partition coefficient (Wildman–Crippen LogP) is -0.392. The molecule has 0 bridgehead atoms. The van der Waals surface area contributed by atoms with E-state index < -0.39 is 23.8 Å². The maximum Gasteiger partial charge on any atom is 0.326 e. The number of carboxylic acids is 1. The van der Waals surface area contributed by atoms with Gasteiger partial charge in [-0.1, -0.05) is 0 Å². The zero-order valence-electron chi connectivity index (χ0n) is 6.61. The van der Waals surface area contributed by atoms with Gasteiger partial charge >= 0.3 is 5.97 Å². The second-order valence-electron chi connectivity index (χ2n) is 2.68. The largest absolute Gasteiger partial charge is 0.480 e. The molecule has 12 heavy (non-hydrogen) atoms. The molecular formula is C7H9NO4. The van der Waals surface area contributed by atoms with E-state index in [9.17, 15) is 14.4 Å². The van der Waals surface area contributed by atoms with Crippen molar-refractivity contribution in [2.45, 2.75) is 25.8 Å². The molecular weight excluding hydrogens is 162 g/mol. The van der Waals surface area contributed by atoms with Crippen molar-refractivity contribution in [1.29, 1.82) is 0 Å². The van der Waals surface area contributed by atoms with Crippen molar-refractivity contribution in [1.82, 2.24) is 4.90 Å². The van der Waals surface area contributed by atoms with Crippen LogP contribution in [-0.2, 0) is 14.4 Å². The molecule has 1 N–H and O–H groups in total. The van der Waals surface area contributed by atoms with Crippen LogP contribution < -0.4 is 0 Å². The molecule has 0 aromatic carbocycles. The maximum atomic E-state index is 11.0. The van der Waals surface area contributed by atoms with Gasteiger partial charge in [-0.3, -0.25) is 14.5 Å². The molecule has 1 unspecified atom stereocenters. The average molecular weight is 171 g/mol. The summed E-state index contributed by atoms with van der Waals surface area (Å²) >= 11 is 0. The Bertz CT molecular complexity index is 248. The standard InChI is InChI=1S/C7H9NO4/c1-4(9)8-5(7(11)12)2-3-6(8)10/h5H,2-3H2,1H3,(H,11,12). The van der Waals surface area contributed by atoms with E-state index in [0.717, 1.165) is 4.90 Å². The zero-order valence-corrected chi connectivity index (χ0v) is 6.61. The van der Waals surface area contributed by atoms with Gasteiger partial charge in [0.25, 0.3) is 0 Å². The van der Waals surface area contributed by atoms with Crippen LogP contribution in [0.4, 0.5) is 0 Å². The highest BCUT2D eigenvalue weighted by Gasteiger charge is 2.38. The minimum absolute atomic E-state index is 0.149. The Morgan fingerprint density at radius 2 is 2.17 bits per heavy atom. The summed E-state index contributed by atoms with van der Waals surface area (Å²) in [4.78, 5) is 33.1. The van der Waals surface area contributed by atoms with E-state index >= 15 is 0 Å². The first-order valence-corrected chi connectivity index (χ1v) is 3.59. The molecule has 0 aromatic rings. The highest BCUT2D eigenvalue weighted by molar-refractivity contribution is 6.00. The summed E-state index contributed by atoms with van der Waals surface area (Å²) in [5.41, 5.74) is 0. The molecule has 0 radical (unpaired) electrons. The molecule has 1 aliphatic heterocycles. The van der Waals surface area contributed by atoms with E-state index in [2.05, 4.69) is 0 Å². The highest BCUT2D eigenvalue weighted by Crippen LogP contribution is 2.18. The van der Waals surface area contributed by atoms with Gasteiger partial charge in [0.1, 0.15) is 6.04 Å². The topological polar surface area (TPSA) is 74.7 Å². The summed E-state index contributed by atoms with van der Waals surface area (Å²) in [6, 6.07) is -0.949. The molecule has 66 valence electrons. The number of aliphatic carboxylic acids is 1. The lowest BCUT2D eigenvalue weighted by Crippen LogP contribution is -2.41. The number of amides is 2. The lowest BCUT2D eigenvalue weighted by Gasteiger charge is -2.16. The molecule has 5 heteroatoms. The Kier molecular flexibility index (Phi) is 2.12. The van der Waals surface area contributed by atoms with Crippen molar-refractivity contribution in [3.8, 4) is 0 Å². The van der Waals surface area contributed by atoms with Crippen LogP contribution in [0.2, 0.25) is 0 Å². The first kappa shape index (κ1) is 8.70. The lowest BCUT2D eigenvalue weighted by atomic mass is 10.2. The van der Waals surface area contributed by atoms with Gasteiger partial charge < -0.3 is 5.11 Å². The van der Waals surface area contributed by atoms with Gasteiger partial charge in [0.05, 0.1) is 0 Å². The molecule has 0 saturated carbocycles. The summed E-state index contributed by atoms with van der Waals surface area (Å²) in [5, 5.41) is 8.60. The van der Waals surface area contributed by atoms with Crippen LogP contribution in [0, 0.1) is 0 Å². The fraction of sp³-hybridized carbons (Fsp3) is 0.571. The molecule has 0 spiro atoms. The summed E-state index contributed by atoms with van der Waals surface area (Å²) in [6.45, 7) is 1.19.